The predicted octanol–water partition coefficient (Wildman–Crippen LogP) is 0.731. The Kier molecular flexibility index (Phi) is 4.02. The second kappa shape index (κ2) is 5.34. The van der Waals surface area contributed by atoms with Gasteiger partial charge in [-0.25, -0.2) is 12.7 Å². The van der Waals surface area contributed by atoms with Gasteiger partial charge in [-0.2, -0.15) is 5.26 Å². The zero-order valence-electron chi connectivity index (χ0n) is 9.84. The molecule has 0 aliphatic carbocycles. The first-order valence-corrected chi connectivity index (χ1v) is 7.61. The number of hydrogen-bond donors (Lipinski definition) is 0. The zero-order valence-corrected chi connectivity index (χ0v) is 10.7. The molecule has 0 bridgehead atoms. The van der Waals surface area contributed by atoms with Crippen LogP contribution in [0.4, 0.5) is 0 Å². The molecule has 0 N–H and O–H groups in total. The number of nitrogens with zero attached hydrogens (tertiary/aromatic N) is 2. The van der Waals surface area contributed by atoms with Crippen molar-refractivity contribution in [3.05, 3.63) is 0 Å². The number of nitriles is 1. The number of piperidine rings is 1. The summed E-state index contributed by atoms with van der Waals surface area (Å²) in [6.07, 6.45) is 2.77. The topological polar surface area (TPSA) is 70.4 Å². The second-order valence-corrected chi connectivity index (χ2v) is 6.90. The first kappa shape index (κ1) is 12.8. The Bertz CT molecular complexity index is 395. The SMILES string of the molecule is N#CC1CCCN(S(=O)(=O)C2CCOCC2)C1. The molecule has 0 aromatic heterocycles. The van der Waals surface area contributed by atoms with Crippen molar-refractivity contribution in [2.45, 2.75) is 30.9 Å². The Morgan fingerprint density at radius 1 is 1.24 bits per heavy atom. The lowest BCUT2D eigenvalue weighted by Crippen LogP contribution is -2.45. The van der Waals surface area contributed by atoms with Crippen LogP contribution in [0.5, 0.6) is 0 Å². The van der Waals surface area contributed by atoms with Gasteiger partial charge in [-0.3, -0.25) is 0 Å². The lowest BCUT2D eigenvalue weighted by Gasteiger charge is -2.33. The molecule has 5 nitrogen and oxygen atoms in total. The number of ether oxygens (including phenoxy) is 1. The first-order chi connectivity index (χ1) is 8.14. The van der Waals surface area contributed by atoms with E-state index < -0.39 is 10.0 Å². The number of hydrogen-bond acceptors (Lipinski definition) is 4. The van der Waals surface area contributed by atoms with E-state index in [0.29, 0.717) is 39.1 Å². The Balaban J connectivity index is 2.06. The van der Waals surface area contributed by atoms with E-state index in [1.165, 1.54) is 4.31 Å². The molecule has 96 valence electrons. The van der Waals surface area contributed by atoms with Gasteiger partial charge < -0.3 is 4.74 Å². The van der Waals surface area contributed by atoms with E-state index in [1.54, 1.807) is 0 Å². The quantitative estimate of drug-likeness (QED) is 0.732. The van der Waals surface area contributed by atoms with Gasteiger partial charge in [0.1, 0.15) is 0 Å². The predicted molar refractivity (Wildman–Crippen MR) is 62.7 cm³/mol. The molecule has 0 amide bonds. The first-order valence-electron chi connectivity index (χ1n) is 6.11. The molecule has 2 saturated heterocycles. The highest BCUT2D eigenvalue weighted by Gasteiger charge is 2.35. The number of sulfonamides is 1. The van der Waals surface area contributed by atoms with Gasteiger partial charge in [0.2, 0.25) is 10.0 Å². The highest BCUT2D eigenvalue weighted by Crippen LogP contribution is 2.25. The summed E-state index contributed by atoms with van der Waals surface area (Å²) < 4.78 is 31.4. The fraction of sp³-hybridized carbons (Fsp3) is 0.909. The van der Waals surface area contributed by atoms with Crippen molar-refractivity contribution in [2.24, 2.45) is 5.92 Å². The molecule has 1 unspecified atom stereocenters. The molecule has 0 radical (unpaired) electrons. The molecule has 2 rings (SSSR count). The maximum Gasteiger partial charge on any atom is 0.217 e. The van der Waals surface area contributed by atoms with Crippen LogP contribution >= 0.6 is 0 Å². The molecule has 2 aliphatic rings. The zero-order chi connectivity index (χ0) is 12.3. The third kappa shape index (κ3) is 2.79. The third-order valence-electron chi connectivity index (χ3n) is 3.52. The lowest BCUT2D eigenvalue weighted by atomic mass is 10.0. The summed E-state index contributed by atoms with van der Waals surface area (Å²) >= 11 is 0. The fourth-order valence-electron chi connectivity index (χ4n) is 2.46. The van der Waals surface area contributed by atoms with Crippen molar-refractivity contribution in [2.75, 3.05) is 26.3 Å². The van der Waals surface area contributed by atoms with Crippen LogP contribution < -0.4 is 0 Å². The van der Waals surface area contributed by atoms with Crippen LogP contribution in [0.25, 0.3) is 0 Å². The van der Waals surface area contributed by atoms with Crippen molar-refractivity contribution >= 4 is 10.0 Å². The van der Waals surface area contributed by atoms with E-state index in [1.807, 2.05) is 0 Å². The van der Waals surface area contributed by atoms with Crippen LogP contribution in [-0.2, 0) is 14.8 Å². The highest BCUT2D eigenvalue weighted by atomic mass is 32.2. The van der Waals surface area contributed by atoms with Gasteiger partial charge in [-0.05, 0) is 25.7 Å². The van der Waals surface area contributed by atoms with Crippen molar-refractivity contribution in [1.82, 2.24) is 4.31 Å². The van der Waals surface area contributed by atoms with Crippen LogP contribution in [-0.4, -0.2) is 44.3 Å². The Morgan fingerprint density at radius 2 is 1.94 bits per heavy atom. The van der Waals surface area contributed by atoms with Crippen molar-refractivity contribution in [1.29, 1.82) is 5.26 Å². The summed E-state index contributed by atoms with van der Waals surface area (Å²) in [7, 11) is -3.23. The monoisotopic (exact) mass is 258 g/mol. The molecular formula is C11H18N2O3S. The normalized spacial score (nSPS) is 28.8. The van der Waals surface area contributed by atoms with Gasteiger partial charge in [-0.15, -0.1) is 0 Å². The minimum absolute atomic E-state index is 0.140. The van der Waals surface area contributed by atoms with Crippen molar-refractivity contribution in [3.8, 4) is 6.07 Å². The summed E-state index contributed by atoms with van der Waals surface area (Å²) in [6.45, 7) is 1.99. The van der Waals surface area contributed by atoms with E-state index in [9.17, 15) is 8.42 Å². The molecule has 0 aromatic carbocycles. The Morgan fingerprint density at radius 3 is 2.59 bits per heavy atom. The summed E-state index contributed by atoms with van der Waals surface area (Å²) in [6, 6.07) is 2.18. The Hall–Kier alpha value is -0.640. The van der Waals surface area contributed by atoms with E-state index in [-0.39, 0.29) is 11.2 Å². The molecular weight excluding hydrogens is 240 g/mol. The van der Waals surface area contributed by atoms with Crippen LogP contribution in [0.1, 0.15) is 25.7 Å². The fourth-order valence-corrected chi connectivity index (χ4v) is 4.44. The van der Waals surface area contributed by atoms with Gasteiger partial charge >= 0.3 is 0 Å². The molecule has 2 heterocycles. The smallest absolute Gasteiger partial charge is 0.217 e. The van der Waals surface area contributed by atoms with Crippen LogP contribution in [0.15, 0.2) is 0 Å². The van der Waals surface area contributed by atoms with Gasteiger partial charge in [0, 0.05) is 26.3 Å². The molecule has 2 aliphatic heterocycles. The van der Waals surface area contributed by atoms with E-state index in [4.69, 9.17) is 10.00 Å². The summed E-state index contributed by atoms with van der Waals surface area (Å²) in [5, 5.41) is 8.58. The standard InChI is InChI=1S/C11H18N2O3S/c12-8-10-2-1-5-13(9-10)17(14,15)11-3-6-16-7-4-11/h10-11H,1-7,9H2. The van der Waals surface area contributed by atoms with Crippen molar-refractivity contribution in [3.63, 3.8) is 0 Å². The molecule has 0 saturated carbocycles. The van der Waals surface area contributed by atoms with Gasteiger partial charge in [0.05, 0.1) is 17.2 Å². The highest BCUT2D eigenvalue weighted by molar-refractivity contribution is 7.89. The largest absolute Gasteiger partial charge is 0.381 e. The van der Waals surface area contributed by atoms with E-state index in [0.717, 1.165) is 12.8 Å². The molecule has 1 atom stereocenters. The maximum absolute atomic E-state index is 12.4. The molecule has 0 spiro atoms. The molecule has 6 heteroatoms. The Labute approximate surface area is 102 Å². The summed E-state index contributed by atoms with van der Waals surface area (Å²) in [5.41, 5.74) is 0. The van der Waals surface area contributed by atoms with Crippen LogP contribution in [0.3, 0.4) is 0 Å². The van der Waals surface area contributed by atoms with Gasteiger partial charge in [-0.1, -0.05) is 0 Å². The second-order valence-electron chi connectivity index (χ2n) is 4.68. The van der Waals surface area contributed by atoms with Crippen molar-refractivity contribution < 1.29 is 13.2 Å². The van der Waals surface area contributed by atoms with Gasteiger partial charge in [0.25, 0.3) is 0 Å². The summed E-state index contributed by atoms with van der Waals surface area (Å²) in [5.74, 6) is -0.140. The minimum Gasteiger partial charge on any atom is -0.381 e. The van der Waals surface area contributed by atoms with E-state index >= 15 is 0 Å². The molecule has 2 fully saturated rings. The summed E-state index contributed by atoms with van der Waals surface area (Å²) in [4.78, 5) is 0. The third-order valence-corrected chi connectivity index (χ3v) is 5.88. The average molecular weight is 258 g/mol. The van der Waals surface area contributed by atoms with E-state index in [2.05, 4.69) is 6.07 Å². The van der Waals surface area contributed by atoms with Crippen LogP contribution in [0.2, 0.25) is 0 Å². The molecule has 0 aromatic rings. The minimum atomic E-state index is -3.23. The van der Waals surface area contributed by atoms with Crippen LogP contribution in [0, 0.1) is 17.2 Å². The number of rotatable bonds is 2. The average Bonchev–Trinajstić information content (AvgIpc) is 2.40. The maximum atomic E-state index is 12.4. The van der Waals surface area contributed by atoms with Gasteiger partial charge in [0.15, 0.2) is 0 Å². The molecule has 17 heavy (non-hydrogen) atoms. The lowest BCUT2D eigenvalue weighted by molar-refractivity contribution is 0.0968.